The second-order valence-electron chi connectivity index (χ2n) is 3.52. The fraction of sp³-hybridized carbons (Fsp3) is 0.300. The highest BCUT2D eigenvalue weighted by molar-refractivity contribution is 5.84. The zero-order valence-electron chi connectivity index (χ0n) is 8.03. The van der Waals surface area contributed by atoms with E-state index in [0.717, 1.165) is 5.69 Å². The molecule has 1 aliphatic rings. The molecule has 0 saturated carbocycles. The zero-order valence-corrected chi connectivity index (χ0v) is 8.03. The number of amides is 1. The van der Waals surface area contributed by atoms with Gasteiger partial charge in [-0.3, -0.25) is 15.2 Å². The van der Waals surface area contributed by atoms with Gasteiger partial charge in [-0.2, -0.15) is 0 Å². The minimum absolute atomic E-state index is 0.0424. The molecule has 1 fully saturated rings. The number of rotatable bonds is 1. The first-order valence-electron chi connectivity index (χ1n) is 4.61. The van der Waals surface area contributed by atoms with Crippen molar-refractivity contribution < 1.29 is 4.79 Å². The van der Waals surface area contributed by atoms with Crippen LogP contribution in [0.25, 0.3) is 0 Å². The van der Waals surface area contributed by atoms with Crippen molar-refractivity contribution in [3.63, 3.8) is 0 Å². The Labute approximate surface area is 82.7 Å². The zero-order chi connectivity index (χ0) is 10.1. The van der Waals surface area contributed by atoms with E-state index >= 15 is 0 Å². The topological polar surface area (TPSA) is 58.4 Å². The summed E-state index contributed by atoms with van der Waals surface area (Å²) in [6.45, 7) is 1.99. The number of para-hydroxylation sites is 2. The summed E-state index contributed by atoms with van der Waals surface area (Å²) in [6.07, 6.45) is 0.522. The van der Waals surface area contributed by atoms with E-state index < -0.39 is 0 Å². The number of nitrogen functional groups attached to an aromatic ring is 1. The van der Waals surface area contributed by atoms with Gasteiger partial charge in [0.25, 0.3) is 0 Å². The van der Waals surface area contributed by atoms with Crippen molar-refractivity contribution in [2.75, 3.05) is 10.7 Å². The number of hydrazine groups is 1. The van der Waals surface area contributed by atoms with Crippen LogP contribution in [0.1, 0.15) is 13.3 Å². The second-order valence-corrected chi connectivity index (χ2v) is 3.52. The SMILES string of the molecule is CC1CC(=O)NN1c1ccccc1N. The molecule has 14 heavy (non-hydrogen) atoms. The van der Waals surface area contributed by atoms with Crippen LogP contribution in [0.5, 0.6) is 0 Å². The molecule has 1 heterocycles. The summed E-state index contributed by atoms with van der Waals surface area (Å²) in [6, 6.07) is 7.67. The van der Waals surface area contributed by atoms with E-state index in [0.29, 0.717) is 12.1 Å². The third-order valence-corrected chi connectivity index (χ3v) is 2.36. The van der Waals surface area contributed by atoms with Gasteiger partial charge in [0.15, 0.2) is 0 Å². The number of anilines is 2. The van der Waals surface area contributed by atoms with Gasteiger partial charge in [-0.15, -0.1) is 0 Å². The number of hydrogen-bond acceptors (Lipinski definition) is 3. The Kier molecular flexibility index (Phi) is 2.04. The quantitative estimate of drug-likeness (QED) is 0.648. The molecule has 1 aliphatic heterocycles. The first kappa shape index (κ1) is 8.87. The van der Waals surface area contributed by atoms with E-state index in [1.54, 1.807) is 0 Å². The van der Waals surface area contributed by atoms with Crippen molar-refractivity contribution >= 4 is 17.3 Å². The van der Waals surface area contributed by atoms with Gasteiger partial charge < -0.3 is 5.73 Å². The molecule has 1 aromatic rings. The van der Waals surface area contributed by atoms with E-state index in [4.69, 9.17) is 5.73 Å². The van der Waals surface area contributed by atoms with E-state index in [1.165, 1.54) is 0 Å². The number of hydrogen-bond donors (Lipinski definition) is 2. The summed E-state index contributed by atoms with van der Waals surface area (Å²) in [5.74, 6) is 0.0424. The highest BCUT2D eigenvalue weighted by Crippen LogP contribution is 2.26. The minimum Gasteiger partial charge on any atom is -0.397 e. The lowest BCUT2D eigenvalue weighted by Crippen LogP contribution is -2.37. The Bertz CT molecular complexity index is 364. The van der Waals surface area contributed by atoms with Crippen molar-refractivity contribution in [1.82, 2.24) is 5.43 Å². The summed E-state index contributed by atoms with van der Waals surface area (Å²) in [4.78, 5) is 11.2. The molecule has 1 aromatic carbocycles. The first-order valence-corrected chi connectivity index (χ1v) is 4.61. The monoisotopic (exact) mass is 191 g/mol. The normalized spacial score (nSPS) is 21.1. The molecule has 0 aliphatic carbocycles. The number of carbonyl (C=O) groups is 1. The maximum absolute atomic E-state index is 11.2. The van der Waals surface area contributed by atoms with Crippen molar-refractivity contribution in [3.05, 3.63) is 24.3 Å². The maximum Gasteiger partial charge on any atom is 0.240 e. The number of benzene rings is 1. The summed E-state index contributed by atoms with van der Waals surface area (Å²) in [7, 11) is 0. The van der Waals surface area contributed by atoms with Crippen LogP contribution < -0.4 is 16.2 Å². The lowest BCUT2D eigenvalue weighted by molar-refractivity contribution is -0.119. The molecule has 0 radical (unpaired) electrons. The average Bonchev–Trinajstić information content (AvgIpc) is 2.46. The number of nitrogens with two attached hydrogens (primary N) is 1. The predicted octanol–water partition coefficient (Wildman–Crippen LogP) is 0.899. The summed E-state index contributed by atoms with van der Waals surface area (Å²) in [5.41, 5.74) is 10.1. The van der Waals surface area contributed by atoms with Crippen LogP contribution in [0, 0.1) is 0 Å². The molecule has 4 heteroatoms. The van der Waals surface area contributed by atoms with Crippen LogP contribution in [0.2, 0.25) is 0 Å². The van der Waals surface area contributed by atoms with Gasteiger partial charge in [-0.1, -0.05) is 12.1 Å². The van der Waals surface area contributed by atoms with Gasteiger partial charge in [0.1, 0.15) is 0 Å². The van der Waals surface area contributed by atoms with Crippen LogP contribution in [-0.2, 0) is 4.79 Å². The molecule has 1 saturated heterocycles. The fourth-order valence-electron chi connectivity index (χ4n) is 1.65. The number of nitrogens with zero attached hydrogens (tertiary/aromatic N) is 1. The van der Waals surface area contributed by atoms with E-state index in [9.17, 15) is 4.79 Å². The summed E-state index contributed by atoms with van der Waals surface area (Å²) < 4.78 is 0. The largest absolute Gasteiger partial charge is 0.397 e. The molecular formula is C10H13N3O. The standard InChI is InChI=1S/C10H13N3O/c1-7-6-10(14)12-13(7)9-5-3-2-4-8(9)11/h2-5,7H,6,11H2,1H3,(H,12,14). The molecule has 1 amide bonds. The fourth-order valence-corrected chi connectivity index (χ4v) is 1.65. The van der Waals surface area contributed by atoms with Crippen LogP contribution >= 0.6 is 0 Å². The predicted molar refractivity (Wildman–Crippen MR) is 55.6 cm³/mol. The van der Waals surface area contributed by atoms with Gasteiger partial charge in [0, 0.05) is 0 Å². The van der Waals surface area contributed by atoms with E-state index in [2.05, 4.69) is 5.43 Å². The third kappa shape index (κ3) is 1.39. The smallest absolute Gasteiger partial charge is 0.240 e. The first-order chi connectivity index (χ1) is 6.68. The van der Waals surface area contributed by atoms with Crippen LogP contribution in [0.4, 0.5) is 11.4 Å². The maximum atomic E-state index is 11.2. The molecule has 0 spiro atoms. The van der Waals surface area contributed by atoms with Gasteiger partial charge in [-0.05, 0) is 19.1 Å². The van der Waals surface area contributed by atoms with Crippen LogP contribution in [0.15, 0.2) is 24.3 Å². The van der Waals surface area contributed by atoms with E-state index in [-0.39, 0.29) is 11.9 Å². The molecule has 0 aromatic heterocycles. The Balaban J connectivity index is 2.32. The molecule has 3 N–H and O–H groups in total. The van der Waals surface area contributed by atoms with Gasteiger partial charge >= 0.3 is 0 Å². The number of nitrogens with one attached hydrogen (secondary N) is 1. The lowest BCUT2D eigenvalue weighted by atomic mass is 10.2. The van der Waals surface area contributed by atoms with Crippen molar-refractivity contribution in [1.29, 1.82) is 0 Å². The third-order valence-electron chi connectivity index (χ3n) is 2.36. The minimum atomic E-state index is 0.0424. The van der Waals surface area contributed by atoms with Crippen molar-refractivity contribution in [2.24, 2.45) is 0 Å². The van der Waals surface area contributed by atoms with Crippen molar-refractivity contribution in [2.45, 2.75) is 19.4 Å². The lowest BCUT2D eigenvalue weighted by Gasteiger charge is -2.23. The van der Waals surface area contributed by atoms with Gasteiger partial charge in [0.2, 0.25) is 5.91 Å². The Hall–Kier alpha value is -1.71. The molecule has 0 bridgehead atoms. The number of carbonyl (C=O) groups excluding carboxylic acids is 1. The van der Waals surface area contributed by atoms with Gasteiger partial charge in [0.05, 0.1) is 23.8 Å². The molecular weight excluding hydrogens is 178 g/mol. The second kappa shape index (κ2) is 3.21. The van der Waals surface area contributed by atoms with E-state index in [1.807, 2.05) is 36.2 Å². The Morgan fingerprint density at radius 3 is 2.79 bits per heavy atom. The average molecular weight is 191 g/mol. The highest BCUT2D eigenvalue weighted by Gasteiger charge is 2.27. The molecule has 74 valence electrons. The van der Waals surface area contributed by atoms with Crippen LogP contribution in [-0.4, -0.2) is 11.9 Å². The van der Waals surface area contributed by atoms with Gasteiger partial charge in [-0.25, -0.2) is 0 Å². The summed E-state index contributed by atoms with van der Waals surface area (Å²) in [5, 5.41) is 1.82. The van der Waals surface area contributed by atoms with Crippen LogP contribution in [0.3, 0.4) is 0 Å². The summed E-state index contributed by atoms with van der Waals surface area (Å²) >= 11 is 0. The Morgan fingerprint density at radius 1 is 1.50 bits per heavy atom. The van der Waals surface area contributed by atoms with Crippen molar-refractivity contribution in [3.8, 4) is 0 Å². The highest BCUT2D eigenvalue weighted by atomic mass is 16.2. The molecule has 2 rings (SSSR count). The molecule has 1 unspecified atom stereocenters. The molecule has 4 nitrogen and oxygen atoms in total. The molecule has 1 atom stereocenters. The Morgan fingerprint density at radius 2 is 2.21 bits per heavy atom.